The molecule has 0 fully saturated rings. The van der Waals surface area contributed by atoms with Crippen molar-refractivity contribution in [2.75, 3.05) is 31.5 Å². The van der Waals surface area contributed by atoms with Crippen LogP contribution >= 0.6 is 15.9 Å². The van der Waals surface area contributed by atoms with E-state index in [0.717, 1.165) is 0 Å². The molecule has 0 atom stereocenters. The molecule has 0 aromatic heterocycles. The summed E-state index contributed by atoms with van der Waals surface area (Å²) in [6, 6.07) is 0. The number of nitrogens with zero attached hydrogens (tertiary/aromatic N) is 1. The topological polar surface area (TPSA) is 0 Å². The third-order valence-corrected chi connectivity index (χ3v) is 5.78. The van der Waals surface area contributed by atoms with Crippen molar-refractivity contribution in [3.8, 4) is 0 Å². The van der Waals surface area contributed by atoms with Crippen molar-refractivity contribution in [2.45, 2.75) is 104 Å². The number of halogens is 2. The summed E-state index contributed by atoms with van der Waals surface area (Å²) in [4.78, 5) is 0. The summed E-state index contributed by atoms with van der Waals surface area (Å²) in [5.74, 6) is 0. The summed E-state index contributed by atoms with van der Waals surface area (Å²) in [6.07, 6.45) is 18.3. The van der Waals surface area contributed by atoms with Crippen LogP contribution in [0.1, 0.15) is 104 Å². The van der Waals surface area contributed by atoms with Gasteiger partial charge in [-0.05, 0) is 51.4 Å². The molecule has 0 saturated heterocycles. The number of hydrogen-bond donors (Lipinski definition) is 0. The van der Waals surface area contributed by atoms with Crippen LogP contribution in [0.15, 0.2) is 0 Å². The summed E-state index contributed by atoms with van der Waals surface area (Å²) < 4.78 is 1.43. The fourth-order valence-electron chi connectivity index (χ4n) is 3.66. The molecule has 0 rings (SSSR count). The number of alkyl halides is 1. The third-order valence-electron chi connectivity index (χ3n) is 5.22. The predicted molar refractivity (Wildman–Crippen MR) is 111 cm³/mol. The predicted octanol–water partition coefficient (Wildman–Crippen LogP) is 4.33. The molecule has 0 heterocycles. The summed E-state index contributed by atoms with van der Waals surface area (Å²) in [5, 5.41) is 1.17. The molecular weight excluding hydrogens is 382 g/mol. The van der Waals surface area contributed by atoms with E-state index < -0.39 is 0 Å². The lowest BCUT2D eigenvalue weighted by Gasteiger charge is -2.39. The van der Waals surface area contributed by atoms with Gasteiger partial charge in [0.05, 0.1) is 26.2 Å². The normalized spacial score (nSPS) is 11.5. The minimum absolute atomic E-state index is 0. The second kappa shape index (κ2) is 20.0. The molecule has 0 saturated carbocycles. The maximum Gasteiger partial charge on any atom is 0.0786 e. The highest BCUT2D eigenvalue weighted by atomic mass is 79.9. The maximum atomic E-state index is 3.62. The monoisotopic (exact) mass is 425 g/mol. The fraction of sp³-hybridized carbons (Fsp3) is 1.00. The average molecular weight is 427 g/mol. The van der Waals surface area contributed by atoms with Gasteiger partial charge in [-0.25, -0.2) is 0 Å². The first-order valence-corrected chi connectivity index (χ1v) is 11.8. The minimum Gasteiger partial charge on any atom is -1.00 e. The molecule has 0 amide bonds. The summed E-state index contributed by atoms with van der Waals surface area (Å²) in [6.45, 7) is 12.7. The van der Waals surface area contributed by atoms with E-state index in [1.54, 1.807) is 0 Å². The Bertz CT molecular complexity index is 212. The lowest BCUT2D eigenvalue weighted by atomic mass is 10.1. The summed E-state index contributed by atoms with van der Waals surface area (Å²) >= 11 is 3.62. The highest BCUT2D eigenvalue weighted by Crippen LogP contribution is 2.18. The molecule has 148 valence electrons. The van der Waals surface area contributed by atoms with E-state index in [0.29, 0.717) is 0 Å². The van der Waals surface area contributed by atoms with Crippen molar-refractivity contribution in [2.24, 2.45) is 0 Å². The second-order valence-electron chi connectivity index (χ2n) is 7.46. The first kappa shape index (κ1) is 27.0. The standard InChI is InChI=1S/C21H45BrN.ClH/c1-4-7-10-14-19-23(18-13-9-6-3,21-16-12-17-22)20-15-11-8-5-2;/h4-21H2,1-3H3;1H/q+1;/p-1. The number of quaternary nitrogens is 1. The molecule has 0 N–H and O–H groups in total. The van der Waals surface area contributed by atoms with E-state index in [1.165, 1.54) is 119 Å². The molecular formula is C21H45BrClN. The molecule has 0 aliphatic carbocycles. The average Bonchev–Trinajstić information content (AvgIpc) is 2.56. The van der Waals surface area contributed by atoms with Crippen LogP contribution in [0.2, 0.25) is 0 Å². The van der Waals surface area contributed by atoms with Crippen molar-refractivity contribution >= 4 is 15.9 Å². The fourth-order valence-corrected chi connectivity index (χ4v) is 4.05. The first-order chi connectivity index (χ1) is 11.2. The van der Waals surface area contributed by atoms with Crippen LogP contribution in [0.4, 0.5) is 0 Å². The Morgan fingerprint density at radius 2 is 0.833 bits per heavy atom. The van der Waals surface area contributed by atoms with Crippen molar-refractivity contribution < 1.29 is 16.9 Å². The van der Waals surface area contributed by atoms with E-state index in [9.17, 15) is 0 Å². The molecule has 0 unspecified atom stereocenters. The molecule has 0 aliphatic rings. The SMILES string of the molecule is CCCCCC[N+](CCCCC)(CCCCBr)CCCCCC.[Cl-]. The van der Waals surface area contributed by atoms with Crippen LogP contribution in [0, 0.1) is 0 Å². The van der Waals surface area contributed by atoms with Crippen LogP contribution in [-0.2, 0) is 0 Å². The molecule has 0 bridgehead atoms. The largest absolute Gasteiger partial charge is 1.00 e. The van der Waals surface area contributed by atoms with E-state index >= 15 is 0 Å². The van der Waals surface area contributed by atoms with Gasteiger partial charge >= 0.3 is 0 Å². The van der Waals surface area contributed by atoms with Crippen molar-refractivity contribution in [1.29, 1.82) is 0 Å². The zero-order chi connectivity index (χ0) is 17.2. The van der Waals surface area contributed by atoms with Crippen LogP contribution in [0.25, 0.3) is 0 Å². The van der Waals surface area contributed by atoms with Crippen LogP contribution in [0.5, 0.6) is 0 Å². The van der Waals surface area contributed by atoms with E-state index in [2.05, 4.69) is 36.7 Å². The quantitative estimate of drug-likeness (QED) is 0.174. The first-order valence-electron chi connectivity index (χ1n) is 10.7. The number of unbranched alkanes of at least 4 members (excludes halogenated alkanes) is 9. The number of hydrogen-bond acceptors (Lipinski definition) is 0. The number of rotatable bonds is 18. The van der Waals surface area contributed by atoms with Crippen molar-refractivity contribution in [3.63, 3.8) is 0 Å². The molecule has 0 spiro atoms. The Morgan fingerprint density at radius 1 is 0.500 bits per heavy atom. The summed E-state index contributed by atoms with van der Waals surface area (Å²) in [5.41, 5.74) is 0. The van der Waals surface area contributed by atoms with E-state index in [-0.39, 0.29) is 12.4 Å². The summed E-state index contributed by atoms with van der Waals surface area (Å²) in [7, 11) is 0. The molecule has 1 nitrogen and oxygen atoms in total. The smallest absolute Gasteiger partial charge is 0.0786 e. The van der Waals surface area contributed by atoms with Crippen molar-refractivity contribution in [1.82, 2.24) is 0 Å². The van der Waals surface area contributed by atoms with Crippen LogP contribution < -0.4 is 12.4 Å². The highest BCUT2D eigenvalue weighted by Gasteiger charge is 2.25. The molecule has 0 radical (unpaired) electrons. The lowest BCUT2D eigenvalue weighted by molar-refractivity contribution is -0.929. The van der Waals surface area contributed by atoms with Gasteiger partial charge in [-0.15, -0.1) is 0 Å². The van der Waals surface area contributed by atoms with Gasteiger partial charge in [0.25, 0.3) is 0 Å². The Hall–Kier alpha value is 0.730. The Kier molecular flexibility index (Phi) is 22.5. The van der Waals surface area contributed by atoms with E-state index in [4.69, 9.17) is 0 Å². The zero-order valence-corrected chi connectivity index (χ0v) is 19.3. The highest BCUT2D eigenvalue weighted by molar-refractivity contribution is 9.09. The molecule has 0 aliphatic heterocycles. The van der Waals surface area contributed by atoms with Crippen molar-refractivity contribution in [3.05, 3.63) is 0 Å². The molecule has 0 aromatic rings. The van der Waals surface area contributed by atoms with Gasteiger partial charge in [-0.3, -0.25) is 0 Å². The Balaban J connectivity index is 0. The maximum absolute atomic E-state index is 3.62. The van der Waals surface area contributed by atoms with E-state index in [1.807, 2.05) is 0 Å². The lowest BCUT2D eigenvalue weighted by Crippen LogP contribution is -3.00. The van der Waals surface area contributed by atoms with Gasteiger partial charge in [0.15, 0.2) is 0 Å². The molecule has 3 heteroatoms. The van der Waals surface area contributed by atoms with Gasteiger partial charge in [0, 0.05) is 5.33 Å². The van der Waals surface area contributed by atoms with Gasteiger partial charge in [-0.2, -0.15) is 0 Å². The van der Waals surface area contributed by atoms with Gasteiger partial charge in [0.1, 0.15) is 0 Å². The van der Waals surface area contributed by atoms with Gasteiger partial charge in [0.2, 0.25) is 0 Å². The van der Waals surface area contributed by atoms with Crippen LogP contribution in [0.3, 0.4) is 0 Å². The Morgan fingerprint density at radius 3 is 1.21 bits per heavy atom. The van der Waals surface area contributed by atoms with Gasteiger partial charge < -0.3 is 16.9 Å². The minimum atomic E-state index is 0. The van der Waals surface area contributed by atoms with Gasteiger partial charge in [-0.1, -0.05) is 68.8 Å². The molecule has 24 heavy (non-hydrogen) atoms. The Labute approximate surface area is 168 Å². The zero-order valence-electron chi connectivity index (χ0n) is 16.9. The third kappa shape index (κ3) is 15.0. The second-order valence-corrected chi connectivity index (χ2v) is 8.25. The van der Waals surface area contributed by atoms with Crippen LogP contribution in [-0.4, -0.2) is 36.0 Å². The molecule has 0 aromatic carbocycles.